The number of ether oxygens (including phenoxy) is 2. The van der Waals surface area contributed by atoms with Crippen LogP contribution in [0.4, 0.5) is 9.59 Å². The summed E-state index contributed by atoms with van der Waals surface area (Å²) in [5.74, 6) is 2.36. The molecule has 6 heterocycles. The number of likely N-dealkylation sites (tertiary alicyclic amines) is 2. The van der Waals surface area contributed by atoms with E-state index in [1.165, 1.54) is 9.75 Å². The van der Waals surface area contributed by atoms with Gasteiger partial charge in [-0.15, -0.1) is 22.7 Å². The standard InChI is InChI=1S/C42H48N6O4S2/c1-23-17-31(47(21-23)39(49)51-41(3,4)5)36-43-28-14-13-27(19-29(28)44-36)34-16-15-33(53-34)25-9-11-26(12-10-25)35-20-30-38(54-35)46-37(45-30)32-18-24(2)22-48(32)40(50)52-42(6,7)8/h9-16,19-20,23-24,31-32H,17-18,21-22H2,1-8H3,(H,43,44)(H,45,46)/t23-,24-,31-,32-/m0/s1. The Morgan fingerprint density at radius 1 is 0.648 bits per heavy atom. The molecule has 282 valence electrons. The van der Waals surface area contributed by atoms with Crippen molar-refractivity contribution in [2.75, 3.05) is 13.1 Å². The number of imidazole rings is 2. The summed E-state index contributed by atoms with van der Waals surface area (Å²) in [6, 6.07) is 21.3. The molecule has 8 rings (SSSR count). The van der Waals surface area contributed by atoms with Gasteiger partial charge >= 0.3 is 12.2 Å². The summed E-state index contributed by atoms with van der Waals surface area (Å²) >= 11 is 3.42. The van der Waals surface area contributed by atoms with Gasteiger partial charge in [-0.1, -0.05) is 44.2 Å². The van der Waals surface area contributed by atoms with E-state index in [1.807, 2.05) is 51.3 Å². The summed E-state index contributed by atoms with van der Waals surface area (Å²) in [5.41, 5.74) is 5.16. The number of nitrogens with zero attached hydrogens (tertiary/aromatic N) is 4. The number of carbonyl (C=O) groups excluding carboxylic acids is 2. The molecule has 10 nitrogen and oxygen atoms in total. The van der Waals surface area contributed by atoms with Crippen LogP contribution in [0.1, 0.15) is 92.0 Å². The van der Waals surface area contributed by atoms with Gasteiger partial charge in [0.2, 0.25) is 0 Å². The van der Waals surface area contributed by atoms with Crippen LogP contribution in [0.25, 0.3) is 52.7 Å². The van der Waals surface area contributed by atoms with Gasteiger partial charge < -0.3 is 19.4 Å². The van der Waals surface area contributed by atoms with Gasteiger partial charge in [-0.05, 0) is 113 Å². The molecule has 2 aliphatic rings. The normalized spacial score (nSPS) is 20.7. The van der Waals surface area contributed by atoms with E-state index < -0.39 is 11.2 Å². The topological polar surface area (TPSA) is 116 Å². The summed E-state index contributed by atoms with van der Waals surface area (Å²) in [4.78, 5) is 51.0. The molecule has 2 aromatic carbocycles. The van der Waals surface area contributed by atoms with E-state index in [9.17, 15) is 9.59 Å². The maximum atomic E-state index is 13.0. The van der Waals surface area contributed by atoms with Crippen molar-refractivity contribution in [1.29, 1.82) is 0 Å². The Hall–Kier alpha value is -4.68. The van der Waals surface area contributed by atoms with Gasteiger partial charge in [0.05, 0.1) is 28.6 Å². The molecule has 4 aromatic heterocycles. The number of H-pyrrole nitrogens is 2. The van der Waals surface area contributed by atoms with Crippen LogP contribution in [0.5, 0.6) is 0 Å². The molecule has 0 aliphatic carbocycles. The van der Waals surface area contributed by atoms with Crippen LogP contribution < -0.4 is 0 Å². The number of carbonyl (C=O) groups is 2. The van der Waals surface area contributed by atoms with E-state index in [4.69, 9.17) is 19.4 Å². The van der Waals surface area contributed by atoms with Crippen LogP contribution in [0.2, 0.25) is 0 Å². The van der Waals surface area contributed by atoms with Crippen LogP contribution in [-0.2, 0) is 9.47 Å². The Kier molecular flexibility index (Phi) is 9.12. The van der Waals surface area contributed by atoms with E-state index in [0.717, 1.165) is 67.4 Å². The van der Waals surface area contributed by atoms with Gasteiger partial charge in [0, 0.05) is 27.7 Å². The van der Waals surface area contributed by atoms with Crippen molar-refractivity contribution in [1.82, 2.24) is 29.7 Å². The van der Waals surface area contributed by atoms with Gasteiger partial charge in [0.15, 0.2) is 0 Å². The molecule has 0 saturated carbocycles. The predicted octanol–water partition coefficient (Wildman–Crippen LogP) is 11.2. The van der Waals surface area contributed by atoms with Gasteiger partial charge in [-0.25, -0.2) is 19.6 Å². The highest BCUT2D eigenvalue weighted by molar-refractivity contribution is 7.21. The highest BCUT2D eigenvalue weighted by Gasteiger charge is 2.40. The Balaban J connectivity index is 0.963. The lowest BCUT2D eigenvalue weighted by Gasteiger charge is -2.27. The zero-order chi connectivity index (χ0) is 38.1. The first-order valence-electron chi connectivity index (χ1n) is 18.8. The van der Waals surface area contributed by atoms with Crippen molar-refractivity contribution in [3.05, 3.63) is 72.3 Å². The summed E-state index contributed by atoms with van der Waals surface area (Å²) in [6.45, 7) is 17.0. The third kappa shape index (κ3) is 7.38. The second-order valence-corrected chi connectivity index (χ2v) is 19.1. The second kappa shape index (κ2) is 13.6. The highest BCUT2D eigenvalue weighted by Crippen LogP contribution is 2.41. The molecule has 0 bridgehead atoms. The number of hydrogen-bond acceptors (Lipinski definition) is 8. The summed E-state index contributed by atoms with van der Waals surface area (Å²) in [5, 5.41) is 0. The zero-order valence-corrected chi connectivity index (χ0v) is 33.8. The van der Waals surface area contributed by atoms with E-state index >= 15 is 0 Å². The number of fused-ring (bicyclic) bond motifs is 2. The van der Waals surface area contributed by atoms with E-state index in [1.54, 1.807) is 22.7 Å². The summed E-state index contributed by atoms with van der Waals surface area (Å²) in [7, 11) is 0. The van der Waals surface area contributed by atoms with Crippen molar-refractivity contribution in [3.8, 4) is 31.3 Å². The first-order chi connectivity index (χ1) is 25.6. The first-order valence-corrected chi connectivity index (χ1v) is 20.4. The number of amides is 2. The lowest BCUT2D eigenvalue weighted by molar-refractivity contribution is 0.0204. The van der Waals surface area contributed by atoms with Crippen molar-refractivity contribution in [3.63, 3.8) is 0 Å². The molecule has 6 aromatic rings. The fourth-order valence-corrected chi connectivity index (χ4v) is 9.58. The number of aromatic nitrogens is 4. The van der Waals surface area contributed by atoms with Crippen molar-refractivity contribution in [2.45, 2.75) is 91.5 Å². The number of hydrogen-bond donors (Lipinski definition) is 2. The molecule has 54 heavy (non-hydrogen) atoms. The Morgan fingerprint density at radius 3 is 1.70 bits per heavy atom. The lowest BCUT2D eigenvalue weighted by Crippen LogP contribution is -2.37. The van der Waals surface area contributed by atoms with Gasteiger partial charge in [-0.3, -0.25) is 9.80 Å². The van der Waals surface area contributed by atoms with Crippen LogP contribution >= 0.6 is 22.7 Å². The lowest BCUT2D eigenvalue weighted by atomic mass is 10.1. The summed E-state index contributed by atoms with van der Waals surface area (Å²) < 4.78 is 11.4. The van der Waals surface area contributed by atoms with Crippen molar-refractivity contribution < 1.29 is 19.1 Å². The molecule has 2 saturated heterocycles. The minimum atomic E-state index is -0.551. The van der Waals surface area contributed by atoms with Gasteiger partial charge in [-0.2, -0.15) is 0 Å². The number of benzene rings is 2. The van der Waals surface area contributed by atoms with Crippen LogP contribution in [-0.4, -0.2) is 66.2 Å². The van der Waals surface area contributed by atoms with Crippen LogP contribution in [0.15, 0.2) is 60.7 Å². The van der Waals surface area contributed by atoms with Crippen molar-refractivity contribution in [2.24, 2.45) is 11.8 Å². The smallest absolute Gasteiger partial charge is 0.410 e. The number of rotatable bonds is 5. The quantitative estimate of drug-likeness (QED) is 0.181. The first kappa shape index (κ1) is 36.3. The van der Waals surface area contributed by atoms with Crippen LogP contribution in [0, 0.1) is 11.8 Å². The minimum absolute atomic E-state index is 0.121. The Morgan fingerprint density at radius 2 is 1.15 bits per heavy atom. The fourth-order valence-electron chi connectivity index (χ4n) is 7.57. The third-order valence-electron chi connectivity index (χ3n) is 9.95. The van der Waals surface area contributed by atoms with E-state index in [2.05, 4.69) is 84.5 Å². The molecule has 12 heteroatoms. The highest BCUT2D eigenvalue weighted by atomic mass is 32.1. The second-order valence-electron chi connectivity index (χ2n) is 17.0. The molecular formula is C42H48N6O4S2. The predicted molar refractivity (Wildman–Crippen MR) is 217 cm³/mol. The van der Waals surface area contributed by atoms with Crippen LogP contribution in [0.3, 0.4) is 0 Å². The fraction of sp³-hybridized carbons (Fsp3) is 0.429. The largest absolute Gasteiger partial charge is 0.444 e. The monoisotopic (exact) mass is 764 g/mol. The number of nitrogens with one attached hydrogen (secondary N) is 2. The average molecular weight is 765 g/mol. The van der Waals surface area contributed by atoms with Crippen molar-refractivity contribution >= 4 is 56.2 Å². The van der Waals surface area contributed by atoms with E-state index in [-0.39, 0.29) is 24.3 Å². The summed E-state index contributed by atoms with van der Waals surface area (Å²) in [6.07, 6.45) is 1.12. The maximum absolute atomic E-state index is 13.0. The Labute approximate surface area is 323 Å². The van der Waals surface area contributed by atoms with Gasteiger partial charge in [0.25, 0.3) is 0 Å². The number of thiophene rings is 2. The third-order valence-corrected chi connectivity index (χ3v) is 12.2. The maximum Gasteiger partial charge on any atom is 0.410 e. The Bertz CT molecular complexity index is 2310. The molecule has 2 aliphatic heterocycles. The molecule has 0 unspecified atom stereocenters. The molecule has 2 fully saturated rings. The average Bonchev–Trinajstić information content (AvgIpc) is 3.93. The molecule has 0 radical (unpaired) electrons. The SMILES string of the molecule is C[C@H]1C[C@@H](c2nc3ccc(-c4ccc(-c5ccc(-c6cc7[nH]c([C@@H]8C[C@H](C)CN8C(=O)OC(C)(C)C)nc7s6)cc5)s4)cc3[nH]2)N(C(=O)OC(C)(C)C)C1. The van der Waals surface area contributed by atoms with Gasteiger partial charge in [0.1, 0.15) is 27.7 Å². The minimum Gasteiger partial charge on any atom is -0.444 e. The molecular weight excluding hydrogens is 717 g/mol. The molecule has 2 N–H and O–H groups in total. The zero-order valence-electron chi connectivity index (χ0n) is 32.1. The molecule has 0 spiro atoms. The molecule has 4 atom stereocenters. The molecule has 2 amide bonds. The van der Waals surface area contributed by atoms with E-state index in [0.29, 0.717) is 24.9 Å². The number of aromatic amines is 2.